The Kier molecular flexibility index (Phi) is 3.41. The van der Waals surface area contributed by atoms with Gasteiger partial charge in [-0.2, -0.15) is 4.99 Å². The number of thioether (sulfide) groups is 1. The molecule has 1 amide bonds. The SMILES string of the molecule is C=C1C(=O)N=C(SC(C)C(=O)O)N=C1C. The molecule has 0 aromatic heterocycles. The molecule has 1 N–H and O–H groups in total. The van der Waals surface area contributed by atoms with Crippen LogP contribution in [0.5, 0.6) is 0 Å². The van der Waals surface area contributed by atoms with Gasteiger partial charge in [-0.05, 0) is 13.8 Å². The van der Waals surface area contributed by atoms with E-state index in [1.165, 1.54) is 6.92 Å². The van der Waals surface area contributed by atoms with Crippen LogP contribution in [0.25, 0.3) is 0 Å². The number of rotatable bonds is 2. The van der Waals surface area contributed by atoms with Gasteiger partial charge in [0, 0.05) is 0 Å². The first kappa shape index (κ1) is 11.6. The average Bonchev–Trinajstić information content (AvgIpc) is 2.13. The molecule has 0 fully saturated rings. The van der Waals surface area contributed by atoms with Crippen molar-refractivity contribution in [1.82, 2.24) is 0 Å². The first-order chi connectivity index (χ1) is 6.91. The van der Waals surface area contributed by atoms with Crippen LogP contribution >= 0.6 is 11.8 Å². The predicted molar refractivity (Wildman–Crippen MR) is 59.4 cm³/mol. The van der Waals surface area contributed by atoms with Gasteiger partial charge in [0.05, 0.1) is 11.3 Å². The van der Waals surface area contributed by atoms with E-state index in [-0.39, 0.29) is 10.7 Å². The Bertz CT molecular complexity index is 398. The lowest BCUT2D eigenvalue weighted by Gasteiger charge is -2.11. The second-order valence-electron chi connectivity index (χ2n) is 2.97. The first-order valence-corrected chi connectivity index (χ1v) is 5.07. The zero-order chi connectivity index (χ0) is 11.6. The number of nitrogens with zero attached hydrogens (tertiary/aromatic N) is 2. The summed E-state index contributed by atoms with van der Waals surface area (Å²) in [6.45, 7) is 6.66. The smallest absolute Gasteiger partial charge is 0.316 e. The van der Waals surface area contributed by atoms with Crippen LogP contribution in [0.3, 0.4) is 0 Å². The van der Waals surface area contributed by atoms with Crippen molar-refractivity contribution in [3.8, 4) is 0 Å². The van der Waals surface area contributed by atoms with Crippen molar-refractivity contribution in [3.63, 3.8) is 0 Å². The van der Waals surface area contributed by atoms with Gasteiger partial charge >= 0.3 is 5.97 Å². The van der Waals surface area contributed by atoms with Crippen LogP contribution in [0.2, 0.25) is 0 Å². The Morgan fingerprint density at radius 1 is 1.53 bits per heavy atom. The number of carbonyl (C=O) groups excluding carboxylic acids is 1. The lowest BCUT2D eigenvalue weighted by Crippen LogP contribution is -2.19. The van der Waals surface area contributed by atoms with Crippen molar-refractivity contribution in [3.05, 3.63) is 12.2 Å². The van der Waals surface area contributed by atoms with E-state index in [2.05, 4.69) is 16.6 Å². The van der Waals surface area contributed by atoms with Crippen LogP contribution < -0.4 is 0 Å². The van der Waals surface area contributed by atoms with E-state index in [4.69, 9.17) is 5.11 Å². The molecule has 0 aromatic rings. The molecule has 6 heteroatoms. The lowest BCUT2D eigenvalue weighted by molar-refractivity contribution is -0.136. The van der Waals surface area contributed by atoms with Crippen LogP contribution in [0.1, 0.15) is 13.8 Å². The standard InChI is InChI=1S/C9H10N2O3S/c1-4-5(2)10-9(11-7(4)12)15-6(3)8(13)14/h6H,1H2,2-3H3,(H,13,14). The molecule has 1 unspecified atom stereocenters. The quantitative estimate of drug-likeness (QED) is 0.715. The van der Waals surface area contributed by atoms with Gasteiger partial charge in [-0.3, -0.25) is 9.59 Å². The third-order valence-corrected chi connectivity index (χ3v) is 2.73. The second kappa shape index (κ2) is 4.39. The van der Waals surface area contributed by atoms with E-state index in [0.717, 1.165) is 11.8 Å². The molecule has 0 radical (unpaired) electrons. The van der Waals surface area contributed by atoms with Crippen LogP contribution in [0.4, 0.5) is 0 Å². The summed E-state index contributed by atoms with van der Waals surface area (Å²) in [7, 11) is 0. The largest absolute Gasteiger partial charge is 0.480 e. The van der Waals surface area contributed by atoms with Crippen molar-refractivity contribution in [1.29, 1.82) is 0 Å². The highest BCUT2D eigenvalue weighted by atomic mass is 32.2. The van der Waals surface area contributed by atoms with E-state index in [1.807, 2.05) is 0 Å². The predicted octanol–water partition coefficient (Wildman–Crippen LogP) is 1.11. The molecule has 1 rings (SSSR count). The number of carboxylic acid groups (broad SMARTS) is 1. The molecule has 0 saturated heterocycles. The Labute approximate surface area is 91.0 Å². The molecule has 15 heavy (non-hydrogen) atoms. The molecule has 0 aromatic carbocycles. The number of carboxylic acids is 1. The summed E-state index contributed by atoms with van der Waals surface area (Å²) in [4.78, 5) is 29.4. The molecule has 0 aliphatic carbocycles. The molecule has 0 spiro atoms. The van der Waals surface area contributed by atoms with Gasteiger partial charge in [-0.1, -0.05) is 18.3 Å². The molecule has 80 valence electrons. The number of hydrogen-bond acceptors (Lipinski definition) is 4. The lowest BCUT2D eigenvalue weighted by atomic mass is 10.2. The van der Waals surface area contributed by atoms with Crippen molar-refractivity contribution >= 4 is 34.5 Å². The summed E-state index contributed by atoms with van der Waals surface area (Å²) < 4.78 is 0. The van der Waals surface area contributed by atoms with E-state index in [0.29, 0.717) is 5.71 Å². The minimum atomic E-state index is -0.965. The maximum absolute atomic E-state index is 11.2. The van der Waals surface area contributed by atoms with Crippen LogP contribution in [0.15, 0.2) is 22.1 Å². The summed E-state index contributed by atoms with van der Waals surface area (Å²) in [5.74, 6) is -1.42. The van der Waals surface area contributed by atoms with Gasteiger partial charge in [0.1, 0.15) is 5.25 Å². The van der Waals surface area contributed by atoms with Crippen LogP contribution in [0, 0.1) is 0 Å². The molecule has 0 saturated carbocycles. The number of amides is 1. The zero-order valence-corrected chi connectivity index (χ0v) is 9.17. The maximum atomic E-state index is 11.2. The van der Waals surface area contributed by atoms with E-state index >= 15 is 0 Å². The van der Waals surface area contributed by atoms with Crippen molar-refractivity contribution in [2.45, 2.75) is 19.1 Å². The molecule has 5 nitrogen and oxygen atoms in total. The second-order valence-corrected chi connectivity index (χ2v) is 4.28. The zero-order valence-electron chi connectivity index (χ0n) is 8.35. The normalized spacial score (nSPS) is 18.3. The van der Waals surface area contributed by atoms with E-state index in [1.54, 1.807) is 6.92 Å². The Hall–Kier alpha value is -1.43. The average molecular weight is 226 g/mol. The molecule has 1 heterocycles. The number of hydrogen-bond donors (Lipinski definition) is 1. The summed E-state index contributed by atoms with van der Waals surface area (Å²) in [5.41, 5.74) is 0.734. The van der Waals surface area contributed by atoms with Gasteiger partial charge in [-0.25, -0.2) is 4.99 Å². The van der Waals surface area contributed by atoms with Crippen molar-refractivity contribution in [2.24, 2.45) is 9.98 Å². The fourth-order valence-corrected chi connectivity index (χ4v) is 1.55. The Balaban J connectivity index is 2.81. The first-order valence-electron chi connectivity index (χ1n) is 4.19. The molecule has 1 aliphatic rings. The number of carbonyl (C=O) groups is 2. The summed E-state index contributed by atoms with van der Waals surface area (Å²) in [6.07, 6.45) is 0. The Morgan fingerprint density at radius 2 is 2.13 bits per heavy atom. The minimum Gasteiger partial charge on any atom is -0.480 e. The fraction of sp³-hybridized carbons (Fsp3) is 0.333. The third-order valence-electron chi connectivity index (χ3n) is 1.79. The van der Waals surface area contributed by atoms with Gasteiger partial charge in [0.25, 0.3) is 5.91 Å². The van der Waals surface area contributed by atoms with Crippen LogP contribution in [-0.2, 0) is 9.59 Å². The molecule has 1 aliphatic heterocycles. The molecular weight excluding hydrogens is 216 g/mol. The summed E-state index contributed by atoms with van der Waals surface area (Å²) in [6, 6.07) is 0. The summed E-state index contributed by atoms with van der Waals surface area (Å²) >= 11 is 0.939. The highest BCUT2D eigenvalue weighted by Gasteiger charge is 2.21. The monoisotopic (exact) mass is 226 g/mol. The van der Waals surface area contributed by atoms with E-state index in [9.17, 15) is 9.59 Å². The highest BCUT2D eigenvalue weighted by Crippen LogP contribution is 2.18. The molecular formula is C9H10N2O3S. The number of aliphatic imine (C=N–C) groups is 2. The van der Waals surface area contributed by atoms with Gasteiger partial charge in [0.15, 0.2) is 5.17 Å². The minimum absolute atomic E-state index is 0.180. The topological polar surface area (TPSA) is 79.1 Å². The fourth-order valence-electron chi connectivity index (χ4n) is 0.806. The van der Waals surface area contributed by atoms with Gasteiger partial charge in [-0.15, -0.1) is 0 Å². The number of amidine groups is 1. The van der Waals surface area contributed by atoms with Crippen molar-refractivity contribution in [2.75, 3.05) is 0 Å². The summed E-state index contributed by atoms with van der Waals surface area (Å²) in [5, 5.41) is 8.17. The van der Waals surface area contributed by atoms with E-state index < -0.39 is 17.1 Å². The maximum Gasteiger partial charge on any atom is 0.316 e. The third kappa shape index (κ3) is 2.76. The van der Waals surface area contributed by atoms with Gasteiger partial charge < -0.3 is 5.11 Å². The Morgan fingerprint density at radius 3 is 2.60 bits per heavy atom. The molecule has 0 bridgehead atoms. The highest BCUT2D eigenvalue weighted by molar-refractivity contribution is 8.15. The van der Waals surface area contributed by atoms with Gasteiger partial charge in [0.2, 0.25) is 0 Å². The van der Waals surface area contributed by atoms with Crippen molar-refractivity contribution < 1.29 is 14.7 Å². The number of aliphatic carboxylic acids is 1. The van der Waals surface area contributed by atoms with Crippen LogP contribution in [-0.4, -0.2) is 33.1 Å². The molecule has 1 atom stereocenters.